The van der Waals surface area contributed by atoms with Crippen LogP contribution in [0.25, 0.3) is 11.3 Å². The molecule has 1 aromatic heterocycles. The molecule has 2 heterocycles. The predicted octanol–water partition coefficient (Wildman–Crippen LogP) is 5.01. The Morgan fingerprint density at radius 1 is 1.26 bits per heavy atom. The molecule has 0 radical (unpaired) electrons. The van der Waals surface area contributed by atoms with E-state index in [0.717, 1.165) is 5.56 Å². The highest BCUT2D eigenvalue weighted by Gasteiger charge is 2.37. The zero-order chi connectivity index (χ0) is 22.1. The zero-order valence-corrected chi connectivity index (χ0v) is 18.2. The maximum Gasteiger partial charge on any atom is 0.244 e. The Morgan fingerprint density at radius 2 is 2.06 bits per heavy atom. The summed E-state index contributed by atoms with van der Waals surface area (Å²) in [5, 5.41) is 17.8. The standard InChI is InChI=1S/C22H18Cl2N4O3/c1-3-30-15-8-7-11(9-16(15)29-2)20-18-17(12-5-4-6-14(23)19(12)24)13(10-25)21(26)31-22(18)28-27-20/h4-9,17H,3,26H2,1-2H3,(H,27,28)/t17-/m0/s1. The molecule has 9 heteroatoms. The van der Waals surface area contributed by atoms with E-state index in [1.165, 1.54) is 0 Å². The molecule has 0 saturated heterocycles. The molecule has 0 spiro atoms. The van der Waals surface area contributed by atoms with Crippen LogP contribution in [0.2, 0.25) is 10.0 Å². The molecule has 0 fully saturated rings. The zero-order valence-electron chi connectivity index (χ0n) is 16.7. The summed E-state index contributed by atoms with van der Waals surface area (Å²) in [6, 6.07) is 12.9. The van der Waals surface area contributed by atoms with Crippen LogP contribution < -0.4 is 19.9 Å². The number of aromatic amines is 1. The third kappa shape index (κ3) is 3.54. The molecule has 3 N–H and O–H groups in total. The number of nitrogens with two attached hydrogens (primary N) is 1. The third-order valence-corrected chi connectivity index (χ3v) is 5.82. The van der Waals surface area contributed by atoms with Gasteiger partial charge in [-0.05, 0) is 36.8 Å². The van der Waals surface area contributed by atoms with Crippen molar-refractivity contribution in [3.63, 3.8) is 0 Å². The number of ether oxygens (including phenoxy) is 3. The Labute approximate surface area is 188 Å². The molecule has 1 aliphatic heterocycles. The number of nitriles is 1. The lowest BCUT2D eigenvalue weighted by atomic mass is 9.83. The highest BCUT2D eigenvalue weighted by atomic mass is 35.5. The van der Waals surface area contributed by atoms with Crippen molar-refractivity contribution in [1.29, 1.82) is 5.26 Å². The van der Waals surface area contributed by atoms with Crippen molar-refractivity contribution < 1.29 is 14.2 Å². The van der Waals surface area contributed by atoms with Crippen LogP contribution in [0, 0.1) is 11.3 Å². The van der Waals surface area contributed by atoms with Crippen molar-refractivity contribution in [3.8, 4) is 34.7 Å². The summed E-state index contributed by atoms with van der Waals surface area (Å²) in [6.45, 7) is 2.41. The van der Waals surface area contributed by atoms with Gasteiger partial charge in [0.25, 0.3) is 0 Å². The highest BCUT2D eigenvalue weighted by molar-refractivity contribution is 6.42. The number of methoxy groups -OCH3 is 1. The lowest BCUT2D eigenvalue weighted by Gasteiger charge is -2.25. The van der Waals surface area contributed by atoms with Crippen LogP contribution in [0.3, 0.4) is 0 Å². The maximum absolute atomic E-state index is 9.84. The Balaban J connectivity index is 1.93. The number of allylic oxidation sites excluding steroid dienone is 1. The molecule has 1 aliphatic rings. The second-order valence-corrected chi connectivity index (χ2v) is 7.47. The molecule has 0 saturated carbocycles. The van der Waals surface area contributed by atoms with Gasteiger partial charge in [-0.1, -0.05) is 35.3 Å². The number of halogens is 2. The molecular weight excluding hydrogens is 439 g/mol. The SMILES string of the molecule is CCOc1ccc(-c2[nH]nc3c2[C@@H](c2cccc(Cl)c2Cl)C(C#N)=C(N)O3)cc1OC. The van der Waals surface area contributed by atoms with E-state index in [4.69, 9.17) is 43.1 Å². The summed E-state index contributed by atoms with van der Waals surface area (Å²) >= 11 is 12.8. The molecule has 3 aromatic rings. The van der Waals surface area contributed by atoms with E-state index >= 15 is 0 Å². The number of benzene rings is 2. The molecule has 158 valence electrons. The van der Waals surface area contributed by atoms with Crippen molar-refractivity contribution >= 4 is 23.2 Å². The molecule has 0 amide bonds. The van der Waals surface area contributed by atoms with E-state index in [9.17, 15) is 5.26 Å². The smallest absolute Gasteiger partial charge is 0.244 e. The Hall–Kier alpha value is -3.34. The lowest BCUT2D eigenvalue weighted by molar-refractivity contribution is 0.311. The first-order chi connectivity index (χ1) is 15.0. The van der Waals surface area contributed by atoms with Gasteiger partial charge in [-0.3, -0.25) is 5.10 Å². The summed E-state index contributed by atoms with van der Waals surface area (Å²) in [5.74, 6) is 0.798. The molecule has 1 atom stereocenters. The first kappa shape index (κ1) is 20.9. The van der Waals surface area contributed by atoms with Crippen LogP contribution in [-0.4, -0.2) is 23.9 Å². The summed E-state index contributed by atoms with van der Waals surface area (Å²) in [6.07, 6.45) is 0. The Morgan fingerprint density at radius 3 is 2.77 bits per heavy atom. The van der Waals surface area contributed by atoms with E-state index in [-0.39, 0.29) is 17.3 Å². The molecule has 7 nitrogen and oxygen atoms in total. The van der Waals surface area contributed by atoms with Crippen molar-refractivity contribution in [3.05, 3.63) is 69.0 Å². The van der Waals surface area contributed by atoms with Gasteiger partial charge in [-0.15, -0.1) is 5.10 Å². The topological polar surface area (TPSA) is 106 Å². The Kier molecular flexibility index (Phi) is 5.68. The molecule has 0 bridgehead atoms. The first-order valence-electron chi connectivity index (χ1n) is 9.41. The molecule has 2 aromatic carbocycles. The van der Waals surface area contributed by atoms with Crippen LogP contribution in [0.15, 0.2) is 47.9 Å². The van der Waals surface area contributed by atoms with E-state index in [0.29, 0.717) is 45.0 Å². The summed E-state index contributed by atoms with van der Waals surface area (Å²) < 4.78 is 16.7. The lowest BCUT2D eigenvalue weighted by Crippen LogP contribution is -2.21. The number of hydrogen-bond acceptors (Lipinski definition) is 6. The fraction of sp³-hybridized carbons (Fsp3) is 0.182. The highest BCUT2D eigenvalue weighted by Crippen LogP contribution is 2.48. The second kappa shape index (κ2) is 8.42. The van der Waals surface area contributed by atoms with Crippen LogP contribution in [0.1, 0.15) is 24.0 Å². The van der Waals surface area contributed by atoms with Crippen LogP contribution in [-0.2, 0) is 0 Å². The number of nitrogens with one attached hydrogen (secondary N) is 1. The summed E-state index contributed by atoms with van der Waals surface area (Å²) in [5.41, 5.74) is 8.90. The van der Waals surface area contributed by atoms with E-state index < -0.39 is 5.92 Å². The molecule has 4 rings (SSSR count). The second-order valence-electron chi connectivity index (χ2n) is 6.68. The fourth-order valence-corrected chi connectivity index (χ4v) is 4.03. The van der Waals surface area contributed by atoms with Gasteiger partial charge in [-0.2, -0.15) is 5.26 Å². The van der Waals surface area contributed by atoms with E-state index in [2.05, 4.69) is 16.3 Å². The summed E-state index contributed by atoms with van der Waals surface area (Å²) in [7, 11) is 1.57. The van der Waals surface area contributed by atoms with Gasteiger partial charge >= 0.3 is 0 Å². The van der Waals surface area contributed by atoms with Gasteiger partial charge < -0.3 is 19.9 Å². The predicted molar refractivity (Wildman–Crippen MR) is 118 cm³/mol. The molecule has 31 heavy (non-hydrogen) atoms. The number of fused-ring (bicyclic) bond motifs is 1. The van der Waals surface area contributed by atoms with Crippen molar-refractivity contribution in [1.82, 2.24) is 10.2 Å². The minimum absolute atomic E-state index is 0.0293. The van der Waals surface area contributed by atoms with Gasteiger partial charge in [0.2, 0.25) is 11.8 Å². The molecule has 0 aliphatic carbocycles. The first-order valence-corrected chi connectivity index (χ1v) is 10.2. The normalized spacial score (nSPS) is 15.1. The maximum atomic E-state index is 9.84. The monoisotopic (exact) mass is 456 g/mol. The van der Waals surface area contributed by atoms with Crippen LogP contribution >= 0.6 is 23.2 Å². The van der Waals surface area contributed by atoms with Gasteiger partial charge in [0.1, 0.15) is 11.6 Å². The largest absolute Gasteiger partial charge is 0.493 e. The van der Waals surface area contributed by atoms with Crippen LogP contribution in [0.4, 0.5) is 0 Å². The Bertz CT molecular complexity index is 1230. The number of rotatable bonds is 5. The number of aromatic nitrogens is 2. The van der Waals surface area contributed by atoms with Crippen molar-refractivity contribution in [2.75, 3.05) is 13.7 Å². The quantitative estimate of drug-likeness (QED) is 0.558. The van der Waals surface area contributed by atoms with Crippen molar-refractivity contribution in [2.24, 2.45) is 5.73 Å². The third-order valence-electron chi connectivity index (χ3n) is 4.98. The number of nitrogens with zero attached hydrogens (tertiary/aromatic N) is 2. The average Bonchev–Trinajstić information content (AvgIpc) is 3.18. The fourth-order valence-electron chi connectivity index (χ4n) is 3.62. The number of hydrogen-bond donors (Lipinski definition) is 2. The molecular formula is C22H18Cl2N4O3. The van der Waals surface area contributed by atoms with Crippen molar-refractivity contribution in [2.45, 2.75) is 12.8 Å². The van der Waals surface area contributed by atoms with Gasteiger partial charge in [-0.25, -0.2) is 0 Å². The number of H-pyrrole nitrogens is 1. The minimum atomic E-state index is -0.619. The minimum Gasteiger partial charge on any atom is -0.493 e. The van der Waals surface area contributed by atoms with E-state index in [1.54, 1.807) is 25.3 Å². The van der Waals surface area contributed by atoms with E-state index in [1.807, 2.05) is 25.1 Å². The van der Waals surface area contributed by atoms with Crippen LogP contribution in [0.5, 0.6) is 17.4 Å². The van der Waals surface area contributed by atoms with Gasteiger partial charge in [0.05, 0.1) is 40.9 Å². The van der Waals surface area contributed by atoms with Gasteiger partial charge in [0.15, 0.2) is 11.5 Å². The molecule has 0 unspecified atom stereocenters. The summed E-state index contributed by atoms with van der Waals surface area (Å²) in [4.78, 5) is 0. The average molecular weight is 457 g/mol. The van der Waals surface area contributed by atoms with Gasteiger partial charge in [0, 0.05) is 5.56 Å².